The molecule has 288 valence electrons. The number of carbonyl (C=O) groups is 2. The zero-order chi connectivity index (χ0) is 35.9. The monoisotopic (exact) mass is 695 g/mol. The SMILES string of the molecule is CCCCCCCC/C=C\CCCCCCCC(=O)OCC(COC(=O)CCCCCCC/C=C\CCCCCCCC)OCC(O)CO. The van der Waals surface area contributed by atoms with Gasteiger partial charge in [-0.1, -0.05) is 141 Å². The number of unbranched alkanes of at least 4 members (excludes halogenated alkanes) is 22. The van der Waals surface area contributed by atoms with Crippen molar-refractivity contribution in [2.24, 2.45) is 0 Å². The highest BCUT2D eigenvalue weighted by molar-refractivity contribution is 5.69. The zero-order valence-electron chi connectivity index (χ0n) is 32.0. The van der Waals surface area contributed by atoms with Gasteiger partial charge in [-0.3, -0.25) is 9.59 Å². The first-order valence-electron chi connectivity index (χ1n) is 20.5. The Labute approximate surface area is 302 Å². The van der Waals surface area contributed by atoms with E-state index in [0.717, 1.165) is 51.4 Å². The predicted octanol–water partition coefficient (Wildman–Crippen LogP) is 10.9. The molecule has 7 nitrogen and oxygen atoms in total. The van der Waals surface area contributed by atoms with Gasteiger partial charge in [-0.15, -0.1) is 0 Å². The van der Waals surface area contributed by atoms with Gasteiger partial charge < -0.3 is 24.4 Å². The molecule has 0 spiro atoms. The van der Waals surface area contributed by atoms with Crippen LogP contribution < -0.4 is 0 Å². The molecule has 0 aromatic heterocycles. The third kappa shape index (κ3) is 37.4. The van der Waals surface area contributed by atoms with Crippen LogP contribution in [0, 0.1) is 0 Å². The molecule has 2 N–H and O–H groups in total. The Hall–Kier alpha value is -1.70. The zero-order valence-corrected chi connectivity index (χ0v) is 32.0. The predicted molar refractivity (Wildman–Crippen MR) is 204 cm³/mol. The first kappa shape index (κ1) is 47.3. The minimum atomic E-state index is -1.04. The number of aliphatic hydroxyl groups excluding tert-OH is 2. The number of hydrogen-bond donors (Lipinski definition) is 2. The second-order valence-electron chi connectivity index (χ2n) is 13.8. The molecule has 0 aliphatic heterocycles. The molecule has 0 saturated heterocycles. The Morgan fingerprint density at radius 3 is 1.16 bits per heavy atom. The highest BCUT2D eigenvalue weighted by Crippen LogP contribution is 2.12. The van der Waals surface area contributed by atoms with Gasteiger partial charge in [0, 0.05) is 12.8 Å². The van der Waals surface area contributed by atoms with Crippen molar-refractivity contribution in [3.8, 4) is 0 Å². The molecule has 0 fully saturated rings. The lowest BCUT2D eigenvalue weighted by molar-refractivity contribution is -0.157. The van der Waals surface area contributed by atoms with E-state index in [1.807, 2.05) is 0 Å². The summed E-state index contributed by atoms with van der Waals surface area (Å²) in [6.07, 6.45) is 39.5. The quantitative estimate of drug-likeness (QED) is 0.0377. The van der Waals surface area contributed by atoms with E-state index in [1.165, 1.54) is 116 Å². The molecular formula is C42H78O7. The fourth-order valence-corrected chi connectivity index (χ4v) is 5.64. The van der Waals surface area contributed by atoms with Crippen LogP contribution in [0.2, 0.25) is 0 Å². The fourth-order valence-electron chi connectivity index (χ4n) is 5.64. The summed E-state index contributed by atoms with van der Waals surface area (Å²) in [7, 11) is 0. The summed E-state index contributed by atoms with van der Waals surface area (Å²) >= 11 is 0. The average Bonchev–Trinajstić information content (AvgIpc) is 3.11. The molecular weight excluding hydrogens is 616 g/mol. The number of allylic oxidation sites excluding steroid dienone is 4. The number of carbonyl (C=O) groups excluding carboxylic acids is 2. The summed E-state index contributed by atoms with van der Waals surface area (Å²) in [5.41, 5.74) is 0. The van der Waals surface area contributed by atoms with Crippen LogP contribution in [-0.2, 0) is 23.8 Å². The average molecular weight is 695 g/mol. The van der Waals surface area contributed by atoms with Gasteiger partial charge in [0.2, 0.25) is 0 Å². The minimum Gasteiger partial charge on any atom is -0.463 e. The maximum Gasteiger partial charge on any atom is 0.305 e. The molecule has 1 atom stereocenters. The van der Waals surface area contributed by atoms with E-state index in [-0.39, 0.29) is 31.8 Å². The molecule has 0 aliphatic carbocycles. The van der Waals surface area contributed by atoms with Gasteiger partial charge in [-0.2, -0.15) is 0 Å². The van der Waals surface area contributed by atoms with E-state index in [0.29, 0.717) is 12.8 Å². The highest BCUT2D eigenvalue weighted by atomic mass is 16.6. The van der Waals surface area contributed by atoms with Crippen LogP contribution >= 0.6 is 0 Å². The van der Waals surface area contributed by atoms with Crippen LogP contribution in [0.1, 0.15) is 194 Å². The lowest BCUT2D eigenvalue weighted by Crippen LogP contribution is -2.32. The molecule has 1 unspecified atom stereocenters. The van der Waals surface area contributed by atoms with Crippen LogP contribution in [0.25, 0.3) is 0 Å². The number of ether oxygens (including phenoxy) is 3. The van der Waals surface area contributed by atoms with E-state index in [9.17, 15) is 14.7 Å². The van der Waals surface area contributed by atoms with Gasteiger partial charge in [0.1, 0.15) is 25.4 Å². The number of aliphatic hydroxyl groups is 2. The van der Waals surface area contributed by atoms with Gasteiger partial charge >= 0.3 is 11.9 Å². The summed E-state index contributed by atoms with van der Waals surface area (Å²) in [5, 5.41) is 18.8. The smallest absolute Gasteiger partial charge is 0.305 e. The van der Waals surface area contributed by atoms with Crippen LogP contribution in [0.15, 0.2) is 24.3 Å². The molecule has 0 aliphatic rings. The minimum absolute atomic E-state index is 0.0528. The van der Waals surface area contributed by atoms with Crippen molar-refractivity contribution in [2.75, 3.05) is 26.4 Å². The molecule has 0 saturated carbocycles. The number of rotatable bonds is 38. The molecule has 0 heterocycles. The highest BCUT2D eigenvalue weighted by Gasteiger charge is 2.17. The largest absolute Gasteiger partial charge is 0.463 e. The molecule has 0 bridgehead atoms. The summed E-state index contributed by atoms with van der Waals surface area (Å²) in [6.45, 7) is 3.84. The molecule has 0 radical (unpaired) electrons. The van der Waals surface area contributed by atoms with E-state index < -0.39 is 18.8 Å². The third-order valence-electron chi connectivity index (χ3n) is 8.88. The molecule has 0 aromatic carbocycles. The summed E-state index contributed by atoms with van der Waals surface area (Å²) < 4.78 is 16.4. The second-order valence-corrected chi connectivity index (χ2v) is 13.8. The Balaban J connectivity index is 3.93. The van der Waals surface area contributed by atoms with Crippen molar-refractivity contribution in [3.05, 3.63) is 24.3 Å². The summed E-state index contributed by atoms with van der Waals surface area (Å²) in [6, 6.07) is 0. The summed E-state index contributed by atoms with van der Waals surface area (Å²) in [5.74, 6) is -0.595. The van der Waals surface area contributed by atoms with Crippen LogP contribution in [0.4, 0.5) is 0 Å². The van der Waals surface area contributed by atoms with Crippen molar-refractivity contribution in [1.82, 2.24) is 0 Å². The lowest BCUT2D eigenvalue weighted by atomic mass is 10.1. The van der Waals surface area contributed by atoms with Crippen molar-refractivity contribution < 1.29 is 34.0 Å². The second kappa shape index (κ2) is 39.1. The topological polar surface area (TPSA) is 102 Å². The van der Waals surface area contributed by atoms with Gasteiger partial charge in [0.25, 0.3) is 0 Å². The lowest BCUT2D eigenvalue weighted by Gasteiger charge is -2.19. The Morgan fingerprint density at radius 2 is 0.816 bits per heavy atom. The Kier molecular flexibility index (Phi) is 37.7. The van der Waals surface area contributed by atoms with Gasteiger partial charge in [-0.25, -0.2) is 0 Å². The fraction of sp³-hybridized carbons (Fsp3) is 0.857. The number of hydrogen-bond acceptors (Lipinski definition) is 7. The Bertz CT molecular complexity index is 710. The third-order valence-corrected chi connectivity index (χ3v) is 8.88. The van der Waals surface area contributed by atoms with Crippen molar-refractivity contribution in [2.45, 2.75) is 206 Å². The van der Waals surface area contributed by atoms with Gasteiger partial charge in [0.05, 0.1) is 13.2 Å². The van der Waals surface area contributed by atoms with E-state index in [4.69, 9.17) is 19.3 Å². The Morgan fingerprint density at radius 1 is 0.490 bits per heavy atom. The van der Waals surface area contributed by atoms with Crippen molar-refractivity contribution in [3.63, 3.8) is 0 Å². The van der Waals surface area contributed by atoms with E-state index in [1.54, 1.807) is 0 Å². The first-order chi connectivity index (χ1) is 24.0. The van der Waals surface area contributed by atoms with Crippen molar-refractivity contribution in [1.29, 1.82) is 0 Å². The standard InChI is InChI=1S/C42H78O7/c1-3-5-7-9-11-13-15-17-19-21-23-25-27-29-31-33-41(45)48-37-40(47-36-39(44)35-43)38-49-42(46)34-32-30-28-26-24-22-20-18-16-14-12-10-8-6-4-2/h17-20,39-40,43-44H,3-16,21-38H2,1-2H3/b19-17-,20-18-. The van der Waals surface area contributed by atoms with Gasteiger partial charge in [-0.05, 0) is 64.2 Å². The number of esters is 2. The first-order valence-corrected chi connectivity index (χ1v) is 20.5. The van der Waals surface area contributed by atoms with Crippen molar-refractivity contribution >= 4 is 11.9 Å². The van der Waals surface area contributed by atoms with Gasteiger partial charge in [0.15, 0.2) is 0 Å². The van der Waals surface area contributed by atoms with Crippen LogP contribution in [0.5, 0.6) is 0 Å². The van der Waals surface area contributed by atoms with Crippen LogP contribution in [-0.4, -0.2) is 60.8 Å². The van der Waals surface area contributed by atoms with Crippen LogP contribution in [0.3, 0.4) is 0 Å². The molecule has 0 amide bonds. The maximum absolute atomic E-state index is 12.3. The van der Waals surface area contributed by atoms with E-state index >= 15 is 0 Å². The normalized spacial score (nSPS) is 12.4. The molecule has 7 heteroatoms. The molecule has 0 aromatic rings. The molecule has 0 rings (SSSR count). The summed E-state index contributed by atoms with van der Waals surface area (Å²) in [4.78, 5) is 24.6. The molecule has 49 heavy (non-hydrogen) atoms. The maximum atomic E-state index is 12.3. The van der Waals surface area contributed by atoms with E-state index in [2.05, 4.69) is 38.2 Å².